The molecule has 0 radical (unpaired) electrons. The fraction of sp³-hybridized carbons (Fsp3) is 0.200. The van der Waals surface area contributed by atoms with E-state index in [9.17, 15) is 4.79 Å². The average molecular weight is 256 g/mol. The topological polar surface area (TPSA) is 46.9 Å². The molecule has 1 aromatic heterocycles. The highest BCUT2D eigenvalue weighted by Gasteiger charge is 2.17. The molecule has 1 aliphatic heterocycles. The van der Waals surface area contributed by atoms with Gasteiger partial charge in [0.25, 0.3) is 0 Å². The highest BCUT2D eigenvalue weighted by atomic mass is 35.5. The van der Waals surface area contributed by atoms with Crippen molar-refractivity contribution in [2.24, 2.45) is 0 Å². The van der Waals surface area contributed by atoms with Crippen molar-refractivity contribution < 1.29 is 0 Å². The molecular formula is C10H7Cl2N3O. The minimum atomic E-state index is -0.281. The molecule has 0 amide bonds. The number of nitrogens with one attached hydrogen (secondary N) is 1. The van der Waals surface area contributed by atoms with Gasteiger partial charge < -0.3 is 5.32 Å². The summed E-state index contributed by atoms with van der Waals surface area (Å²) < 4.78 is 1.59. The fourth-order valence-electron chi connectivity index (χ4n) is 1.94. The summed E-state index contributed by atoms with van der Waals surface area (Å²) in [6.07, 6.45) is 0. The second-order valence-electron chi connectivity index (χ2n) is 3.61. The Morgan fingerprint density at radius 2 is 2.19 bits per heavy atom. The molecule has 4 nitrogen and oxygen atoms in total. The van der Waals surface area contributed by atoms with Crippen LogP contribution in [0.25, 0.3) is 10.9 Å². The molecule has 0 bridgehead atoms. The molecule has 1 N–H and O–H groups in total. The minimum Gasteiger partial charge on any atom is -0.369 e. The molecule has 0 saturated carbocycles. The van der Waals surface area contributed by atoms with E-state index in [0.717, 1.165) is 17.7 Å². The van der Waals surface area contributed by atoms with Crippen LogP contribution in [0.3, 0.4) is 0 Å². The molecule has 0 unspecified atom stereocenters. The molecule has 0 fully saturated rings. The summed E-state index contributed by atoms with van der Waals surface area (Å²) in [7, 11) is 0. The second kappa shape index (κ2) is 3.37. The van der Waals surface area contributed by atoms with Crippen molar-refractivity contribution in [3.05, 3.63) is 32.7 Å². The zero-order valence-electron chi connectivity index (χ0n) is 8.13. The first-order chi connectivity index (χ1) is 7.66. The Kier molecular flexibility index (Phi) is 2.09. The fourth-order valence-corrected chi connectivity index (χ4v) is 2.48. The first kappa shape index (κ1) is 9.93. The van der Waals surface area contributed by atoms with E-state index in [1.165, 1.54) is 0 Å². The largest absolute Gasteiger partial charge is 0.369 e. The van der Waals surface area contributed by atoms with Gasteiger partial charge in [0, 0.05) is 23.5 Å². The van der Waals surface area contributed by atoms with Crippen LogP contribution in [0.4, 0.5) is 5.82 Å². The van der Waals surface area contributed by atoms with Crippen molar-refractivity contribution in [3.8, 4) is 0 Å². The molecule has 0 atom stereocenters. The van der Waals surface area contributed by atoms with Crippen LogP contribution < -0.4 is 11.0 Å². The summed E-state index contributed by atoms with van der Waals surface area (Å²) in [4.78, 5) is 15.6. The third-order valence-electron chi connectivity index (χ3n) is 2.62. The maximum atomic E-state index is 11.7. The highest BCUT2D eigenvalue weighted by molar-refractivity contribution is 6.38. The predicted molar refractivity (Wildman–Crippen MR) is 64.5 cm³/mol. The molecule has 3 rings (SSSR count). The van der Waals surface area contributed by atoms with Crippen molar-refractivity contribution in [3.63, 3.8) is 0 Å². The molecule has 2 heterocycles. The zero-order chi connectivity index (χ0) is 11.3. The second-order valence-corrected chi connectivity index (χ2v) is 4.45. The molecule has 16 heavy (non-hydrogen) atoms. The van der Waals surface area contributed by atoms with Gasteiger partial charge in [0.1, 0.15) is 5.82 Å². The number of nitrogens with zero attached hydrogens (tertiary/aromatic N) is 2. The molecule has 1 aromatic carbocycles. The van der Waals surface area contributed by atoms with E-state index < -0.39 is 0 Å². The highest BCUT2D eigenvalue weighted by Crippen LogP contribution is 2.31. The summed E-state index contributed by atoms with van der Waals surface area (Å²) in [6.45, 7) is 1.35. The van der Waals surface area contributed by atoms with Crippen LogP contribution >= 0.6 is 23.2 Å². The van der Waals surface area contributed by atoms with E-state index in [0.29, 0.717) is 22.1 Å². The quantitative estimate of drug-likeness (QED) is 0.785. The van der Waals surface area contributed by atoms with Crippen molar-refractivity contribution in [1.29, 1.82) is 0 Å². The Balaban J connectivity index is 2.53. The van der Waals surface area contributed by atoms with E-state index in [4.69, 9.17) is 23.2 Å². The first-order valence-electron chi connectivity index (χ1n) is 4.80. The molecule has 0 aliphatic carbocycles. The van der Waals surface area contributed by atoms with Crippen molar-refractivity contribution in [2.45, 2.75) is 6.54 Å². The van der Waals surface area contributed by atoms with E-state index in [1.807, 2.05) is 0 Å². The molecule has 82 valence electrons. The lowest BCUT2D eigenvalue weighted by molar-refractivity contribution is 0.750. The summed E-state index contributed by atoms with van der Waals surface area (Å²) in [5.74, 6) is 0.749. The van der Waals surface area contributed by atoms with Crippen LogP contribution in [-0.2, 0) is 6.54 Å². The van der Waals surface area contributed by atoms with Gasteiger partial charge in [-0.3, -0.25) is 4.57 Å². The van der Waals surface area contributed by atoms with Gasteiger partial charge in [-0.1, -0.05) is 23.2 Å². The molecule has 1 aliphatic rings. The SMILES string of the molecule is O=c1nc2c(Cl)cc(Cl)cc2c2n1CCN2. The smallest absolute Gasteiger partial charge is 0.349 e. The van der Waals surface area contributed by atoms with Crippen molar-refractivity contribution >= 4 is 39.9 Å². The lowest BCUT2D eigenvalue weighted by Crippen LogP contribution is -2.20. The number of rotatable bonds is 0. The monoisotopic (exact) mass is 255 g/mol. The summed E-state index contributed by atoms with van der Waals surface area (Å²) >= 11 is 12.0. The van der Waals surface area contributed by atoms with Crippen LogP contribution in [0.15, 0.2) is 16.9 Å². The van der Waals surface area contributed by atoms with E-state index in [2.05, 4.69) is 10.3 Å². The molecule has 2 aromatic rings. The first-order valence-corrected chi connectivity index (χ1v) is 5.56. The number of aromatic nitrogens is 2. The molecule has 0 spiro atoms. The standard InChI is InChI=1S/C10H7Cl2N3O/c11-5-3-6-8(7(12)4-5)14-10(16)15-2-1-13-9(6)15/h3-4,13H,1-2H2. The zero-order valence-corrected chi connectivity index (χ0v) is 9.64. The number of anilines is 1. The van der Waals surface area contributed by atoms with Crippen LogP contribution in [0.1, 0.15) is 0 Å². The van der Waals surface area contributed by atoms with Gasteiger partial charge in [-0.2, -0.15) is 4.98 Å². The molecule has 6 heteroatoms. The third-order valence-corrected chi connectivity index (χ3v) is 3.13. The van der Waals surface area contributed by atoms with Crippen molar-refractivity contribution in [2.75, 3.05) is 11.9 Å². The number of fused-ring (bicyclic) bond motifs is 3. The summed E-state index contributed by atoms with van der Waals surface area (Å²) in [6, 6.07) is 3.35. The summed E-state index contributed by atoms with van der Waals surface area (Å²) in [5, 5.41) is 4.87. The molecule has 0 saturated heterocycles. The Morgan fingerprint density at radius 1 is 1.38 bits per heavy atom. The number of halogens is 2. The average Bonchev–Trinajstić information content (AvgIpc) is 2.69. The Bertz CT molecular complexity index is 651. The minimum absolute atomic E-state index is 0.281. The maximum absolute atomic E-state index is 11.7. The summed E-state index contributed by atoms with van der Waals surface area (Å²) in [5.41, 5.74) is 0.216. The van der Waals surface area contributed by atoms with Gasteiger partial charge in [0.15, 0.2) is 0 Å². The van der Waals surface area contributed by atoms with E-state index in [1.54, 1.807) is 16.7 Å². The Hall–Kier alpha value is -1.26. The van der Waals surface area contributed by atoms with Crippen LogP contribution in [-0.4, -0.2) is 16.1 Å². The van der Waals surface area contributed by atoms with Crippen LogP contribution in [0, 0.1) is 0 Å². The van der Waals surface area contributed by atoms with Gasteiger partial charge in [0.05, 0.1) is 10.5 Å². The van der Waals surface area contributed by atoms with Gasteiger partial charge in [-0.25, -0.2) is 4.79 Å². The predicted octanol–water partition coefficient (Wildman–Crippen LogP) is 2.13. The lowest BCUT2D eigenvalue weighted by atomic mass is 10.2. The lowest BCUT2D eigenvalue weighted by Gasteiger charge is -2.07. The van der Waals surface area contributed by atoms with Crippen molar-refractivity contribution in [1.82, 2.24) is 9.55 Å². The van der Waals surface area contributed by atoms with E-state index in [-0.39, 0.29) is 5.69 Å². The van der Waals surface area contributed by atoms with Gasteiger partial charge in [-0.05, 0) is 12.1 Å². The van der Waals surface area contributed by atoms with E-state index >= 15 is 0 Å². The van der Waals surface area contributed by atoms with Gasteiger partial charge in [-0.15, -0.1) is 0 Å². The number of benzene rings is 1. The van der Waals surface area contributed by atoms with Gasteiger partial charge in [0.2, 0.25) is 0 Å². The van der Waals surface area contributed by atoms with Crippen LogP contribution in [0.5, 0.6) is 0 Å². The maximum Gasteiger partial charge on any atom is 0.349 e. The normalized spacial score (nSPS) is 13.9. The number of hydrogen-bond donors (Lipinski definition) is 1. The molecular weight excluding hydrogens is 249 g/mol. The van der Waals surface area contributed by atoms with Gasteiger partial charge >= 0.3 is 5.69 Å². The number of hydrogen-bond acceptors (Lipinski definition) is 3. The van der Waals surface area contributed by atoms with Crippen LogP contribution in [0.2, 0.25) is 10.0 Å². The Morgan fingerprint density at radius 3 is 3.00 bits per heavy atom. The Labute approximate surface area is 101 Å². The third kappa shape index (κ3) is 1.30.